The highest BCUT2D eigenvalue weighted by Gasteiger charge is 2.28. The average molecular weight is 665 g/mol. The largest absolute Gasteiger partial charge is 0.479 e. The first-order chi connectivity index (χ1) is 23.2. The van der Waals surface area contributed by atoms with Crippen molar-refractivity contribution in [3.8, 4) is 17.0 Å². The summed E-state index contributed by atoms with van der Waals surface area (Å²) in [7, 11) is 0.970. The number of H-pyrrole nitrogens is 1. The molecule has 2 aliphatic rings. The number of benzene rings is 1. The second kappa shape index (κ2) is 11.9. The number of anilines is 5. The third kappa shape index (κ3) is 5.71. The van der Waals surface area contributed by atoms with Gasteiger partial charge in [0.15, 0.2) is 0 Å². The molecule has 0 atom stereocenters. The predicted octanol–water partition coefficient (Wildman–Crippen LogP) is 4.99. The summed E-state index contributed by atoms with van der Waals surface area (Å²) >= 11 is 0. The zero-order valence-electron chi connectivity index (χ0n) is 27.3. The molecule has 8 rings (SSSR count). The van der Waals surface area contributed by atoms with Gasteiger partial charge in [-0.25, -0.2) is 0 Å². The Bertz CT molecular complexity index is 2200. The Labute approximate surface area is 277 Å². The van der Waals surface area contributed by atoms with Gasteiger partial charge in [0.1, 0.15) is 35.6 Å². The van der Waals surface area contributed by atoms with Crippen LogP contribution in [-0.4, -0.2) is 98.3 Å². The van der Waals surface area contributed by atoms with Crippen LogP contribution in [0.3, 0.4) is 0 Å². The second-order valence-corrected chi connectivity index (χ2v) is 15.9. The Balaban J connectivity index is 1.20. The third-order valence-electron chi connectivity index (χ3n) is 8.86. The van der Waals surface area contributed by atoms with E-state index in [9.17, 15) is 4.57 Å². The lowest BCUT2D eigenvalue weighted by atomic mass is 10.1. The molecule has 0 unspecified atom stereocenters. The Hall–Kier alpha value is -5.07. The lowest BCUT2D eigenvalue weighted by Gasteiger charge is -2.34. The molecule has 0 spiro atoms. The molecule has 0 radical (unpaired) electrons. The maximum absolute atomic E-state index is 13.6. The summed E-state index contributed by atoms with van der Waals surface area (Å²) in [6.45, 7) is 7.07. The molecule has 0 bridgehead atoms. The molecule has 1 aromatic carbocycles. The minimum absolute atomic E-state index is 0.331. The van der Waals surface area contributed by atoms with Gasteiger partial charge in [-0.1, -0.05) is 0 Å². The van der Waals surface area contributed by atoms with Crippen LogP contribution in [0.4, 0.5) is 29.0 Å². The predicted molar refractivity (Wildman–Crippen MR) is 189 cm³/mol. The molecule has 0 amide bonds. The Morgan fingerprint density at radius 1 is 0.979 bits per heavy atom. The standard InChI is InChI=1S/C33H37N12O2P/c1-43-13-15-44(16-14-43)31-23(20-18-37-45(19-20)21-5-6-21)17-26(32(42-31)47-2)39-33-40-29-22(9-10-36-29)30(41-33)38-25-8-7-24-27(35-12-11-34-24)28(25)48(3,4)46/h7-12,17-19,21H,5-6,13-16H2,1-4H3,(H3,36,38,39,40,41). The van der Waals surface area contributed by atoms with Crippen molar-refractivity contribution in [1.82, 2.24) is 44.6 Å². The Kier molecular flexibility index (Phi) is 7.49. The molecule has 48 heavy (non-hydrogen) atoms. The fourth-order valence-electron chi connectivity index (χ4n) is 6.23. The molecule has 6 heterocycles. The normalized spacial score (nSPS) is 15.7. The minimum atomic E-state index is -2.79. The van der Waals surface area contributed by atoms with E-state index in [1.807, 2.05) is 36.7 Å². The van der Waals surface area contributed by atoms with Gasteiger partial charge >= 0.3 is 0 Å². The number of aromatic nitrogens is 8. The van der Waals surface area contributed by atoms with Gasteiger partial charge in [-0.15, -0.1) is 0 Å². The van der Waals surface area contributed by atoms with Crippen molar-refractivity contribution < 1.29 is 9.30 Å². The topological polar surface area (TPSA) is 155 Å². The van der Waals surface area contributed by atoms with Gasteiger partial charge in [0.2, 0.25) is 11.8 Å². The van der Waals surface area contributed by atoms with Gasteiger partial charge in [0, 0.05) is 62.1 Å². The van der Waals surface area contributed by atoms with Crippen LogP contribution >= 0.6 is 7.14 Å². The maximum atomic E-state index is 13.6. The van der Waals surface area contributed by atoms with Crippen LogP contribution in [0.1, 0.15) is 18.9 Å². The van der Waals surface area contributed by atoms with Gasteiger partial charge in [0.05, 0.1) is 41.2 Å². The van der Waals surface area contributed by atoms with Gasteiger partial charge in [-0.2, -0.15) is 20.1 Å². The van der Waals surface area contributed by atoms with Gasteiger partial charge < -0.3 is 34.7 Å². The number of aromatic amines is 1. The molecule has 14 nitrogen and oxygen atoms in total. The van der Waals surface area contributed by atoms with Crippen LogP contribution in [0, 0.1) is 0 Å². The van der Waals surface area contributed by atoms with Crippen LogP contribution in [-0.2, 0) is 4.57 Å². The second-order valence-electron chi connectivity index (χ2n) is 12.8. The molecule has 1 saturated heterocycles. The number of piperazine rings is 1. The zero-order chi connectivity index (χ0) is 33.0. The lowest BCUT2D eigenvalue weighted by molar-refractivity contribution is 0.311. The van der Waals surface area contributed by atoms with E-state index in [2.05, 4.69) is 58.4 Å². The van der Waals surface area contributed by atoms with Crippen molar-refractivity contribution >= 4 is 63.5 Å². The summed E-state index contributed by atoms with van der Waals surface area (Å²) in [5, 5.41) is 12.9. The quantitative estimate of drug-likeness (QED) is 0.178. The summed E-state index contributed by atoms with van der Waals surface area (Å²) in [6, 6.07) is 8.16. The molecule has 1 aliphatic heterocycles. The summed E-state index contributed by atoms with van der Waals surface area (Å²) in [5.74, 6) is 2.16. The highest BCUT2D eigenvalue weighted by atomic mass is 31.2. The number of methoxy groups -OCH3 is 1. The Morgan fingerprint density at radius 2 is 1.79 bits per heavy atom. The van der Waals surface area contributed by atoms with Crippen LogP contribution in [0.25, 0.3) is 33.2 Å². The average Bonchev–Trinajstić information content (AvgIpc) is 3.60. The molecule has 15 heteroatoms. The number of nitrogens with zero attached hydrogens (tertiary/aromatic N) is 9. The summed E-state index contributed by atoms with van der Waals surface area (Å²) in [5.41, 5.74) is 5.12. The molecule has 1 aliphatic carbocycles. The number of hydrogen-bond donors (Lipinski definition) is 3. The monoisotopic (exact) mass is 664 g/mol. The maximum Gasteiger partial charge on any atom is 0.239 e. The highest BCUT2D eigenvalue weighted by Crippen LogP contribution is 2.42. The summed E-state index contributed by atoms with van der Waals surface area (Å²) < 4.78 is 21.5. The smallest absolute Gasteiger partial charge is 0.239 e. The van der Waals surface area contributed by atoms with Gasteiger partial charge in [-0.3, -0.25) is 14.6 Å². The van der Waals surface area contributed by atoms with E-state index in [1.165, 1.54) is 0 Å². The van der Waals surface area contributed by atoms with E-state index in [0.29, 0.717) is 57.0 Å². The van der Waals surface area contributed by atoms with Crippen molar-refractivity contribution in [2.24, 2.45) is 0 Å². The fraction of sp³-hybridized carbons (Fsp3) is 0.333. The molecule has 6 aromatic rings. The lowest BCUT2D eigenvalue weighted by Crippen LogP contribution is -2.45. The zero-order valence-corrected chi connectivity index (χ0v) is 28.2. The molecule has 2 fully saturated rings. The molecular weight excluding hydrogens is 627 g/mol. The van der Waals surface area contributed by atoms with Crippen molar-refractivity contribution in [3.63, 3.8) is 0 Å². The molecular formula is C33H37N12O2P. The van der Waals surface area contributed by atoms with E-state index in [4.69, 9.17) is 19.7 Å². The van der Waals surface area contributed by atoms with Gasteiger partial charge in [-0.05, 0) is 57.5 Å². The van der Waals surface area contributed by atoms with Crippen LogP contribution in [0.15, 0.2) is 55.2 Å². The van der Waals surface area contributed by atoms with Gasteiger partial charge in [0.25, 0.3) is 0 Å². The number of ether oxygens (including phenoxy) is 1. The van der Waals surface area contributed by atoms with Crippen LogP contribution in [0.2, 0.25) is 0 Å². The minimum Gasteiger partial charge on any atom is -0.479 e. The Morgan fingerprint density at radius 3 is 2.56 bits per heavy atom. The summed E-state index contributed by atoms with van der Waals surface area (Å²) in [4.78, 5) is 31.5. The van der Waals surface area contributed by atoms with E-state index in [0.717, 1.165) is 61.4 Å². The number of rotatable bonds is 9. The number of pyridine rings is 1. The number of fused-ring (bicyclic) bond motifs is 2. The van der Waals surface area contributed by atoms with Crippen molar-refractivity contribution in [2.45, 2.75) is 18.9 Å². The molecule has 246 valence electrons. The van der Waals surface area contributed by atoms with E-state index >= 15 is 0 Å². The van der Waals surface area contributed by atoms with Crippen molar-refractivity contribution in [1.29, 1.82) is 0 Å². The number of hydrogen-bond acceptors (Lipinski definition) is 12. The molecule has 1 saturated carbocycles. The third-order valence-corrected chi connectivity index (χ3v) is 10.4. The molecule has 5 aromatic heterocycles. The van der Waals surface area contributed by atoms with Crippen LogP contribution in [0.5, 0.6) is 5.88 Å². The first-order valence-corrected chi connectivity index (χ1v) is 18.6. The van der Waals surface area contributed by atoms with E-state index in [1.54, 1.807) is 32.8 Å². The summed E-state index contributed by atoms with van der Waals surface area (Å²) in [6.07, 6.45) is 11.4. The highest BCUT2D eigenvalue weighted by molar-refractivity contribution is 7.71. The van der Waals surface area contributed by atoms with Crippen molar-refractivity contribution in [3.05, 3.63) is 55.2 Å². The fourth-order valence-corrected chi connectivity index (χ4v) is 7.62. The number of nitrogens with one attached hydrogen (secondary N) is 3. The first kappa shape index (κ1) is 30.3. The van der Waals surface area contributed by atoms with Crippen molar-refractivity contribution in [2.75, 3.05) is 69.2 Å². The molecule has 3 N–H and O–H groups in total. The number of likely N-dealkylation sites (N-methyl/N-ethyl adjacent to an activating group) is 1. The SMILES string of the molecule is COc1nc(N2CCN(C)CC2)c(-c2cnn(C3CC3)c2)cc1Nc1nc(Nc2ccc3nccnc3c2P(C)(C)=O)c2cc[nH]c2n1. The van der Waals surface area contributed by atoms with E-state index < -0.39 is 7.14 Å². The first-order valence-electron chi connectivity index (χ1n) is 16.0. The van der Waals surface area contributed by atoms with E-state index in [-0.39, 0.29) is 0 Å². The van der Waals surface area contributed by atoms with Crippen LogP contribution < -0.4 is 25.6 Å².